The number of ether oxygens (including phenoxy) is 1. The van der Waals surface area contributed by atoms with Gasteiger partial charge in [0.1, 0.15) is 0 Å². The second kappa shape index (κ2) is 8.17. The maximum atomic E-state index is 12.3. The van der Waals surface area contributed by atoms with E-state index in [-0.39, 0.29) is 18.0 Å². The van der Waals surface area contributed by atoms with Gasteiger partial charge in [-0.25, -0.2) is 4.79 Å². The van der Waals surface area contributed by atoms with Gasteiger partial charge in [0.2, 0.25) is 5.91 Å². The number of benzene rings is 1. The Kier molecular flexibility index (Phi) is 6.24. The highest BCUT2D eigenvalue weighted by molar-refractivity contribution is 6.30. The second-order valence-corrected chi connectivity index (χ2v) is 5.83. The van der Waals surface area contributed by atoms with Gasteiger partial charge in [0.15, 0.2) is 0 Å². The van der Waals surface area contributed by atoms with E-state index in [1.54, 1.807) is 36.1 Å². The van der Waals surface area contributed by atoms with Crippen LogP contribution in [0.15, 0.2) is 24.3 Å². The van der Waals surface area contributed by atoms with Crippen molar-refractivity contribution in [1.82, 2.24) is 9.80 Å². The molecule has 6 nitrogen and oxygen atoms in total. The number of nitrogens with one attached hydrogen (secondary N) is 1. The molecule has 1 aliphatic rings. The number of hydrogen-bond acceptors (Lipinski definition) is 4. The lowest BCUT2D eigenvalue weighted by Crippen LogP contribution is -2.54. The molecule has 1 aliphatic heterocycles. The Morgan fingerprint density at radius 3 is 2.39 bits per heavy atom. The first kappa shape index (κ1) is 17.6. The van der Waals surface area contributed by atoms with Gasteiger partial charge in [-0.15, -0.1) is 0 Å². The molecule has 1 heterocycles. The third kappa shape index (κ3) is 4.84. The number of halogens is 1. The van der Waals surface area contributed by atoms with Crippen LogP contribution in [0.3, 0.4) is 0 Å². The van der Waals surface area contributed by atoms with Gasteiger partial charge in [-0.3, -0.25) is 9.69 Å². The van der Waals surface area contributed by atoms with E-state index < -0.39 is 0 Å². The predicted molar refractivity (Wildman–Crippen MR) is 89.7 cm³/mol. The van der Waals surface area contributed by atoms with Crippen LogP contribution in [0.2, 0.25) is 5.02 Å². The SMILES string of the molecule is CCOC(=O)N1CCN([C@H](C)C(=O)Nc2ccc(Cl)cc2)CC1. The topological polar surface area (TPSA) is 61.9 Å². The smallest absolute Gasteiger partial charge is 0.409 e. The molecule has 23 heavy (non-hydrogen) atoms. The second-order valence-electron chi connectivity index (χ2n) is 5.39. The zero-order valence-corrected chi connectivity index (χ0v) is 14.2. The first-order chi connectivity index (χ1) is 11.0. The molecular formula is C16H22ClN3O3. The Labute approximate surface area is 141 Å². The molecule has 126 valence electrons. The van der Waals surface area contributed by atoms with Gasteiger partial charge < -0.3 is 15.0 Å². The van der Waals surface area contributed by atoms with Gasteiger partial charge >= 0.3 is 6.09 Å². The summed E-state index contributed by atoms with van der Waals surface area (Å²) in [7, 11) is 0. The molecule has 0 radical (unpaired) electrons. The Bertz CT molecular complexity index is 542. The van der Waals surface area contributed by atoms with E-state index in [2.05, 4.69) is 10.2 Å². The van der Waals surface area contributed by atoms with Crippen LogP contribution >= 0.6 is 11.6 Å². The highest BCUT2D eigenvalue weighted by atomic mass is 35.5. The van der Waals surface area contributed by atoms with Crippen LogP contribution in [0.1, 0.15) is 13.8 Å². The Morgan fingerprint density at radius 2 is 1.83 bits per heavy atom. The van der Waals surface area contributed by atoms with Gasteiger partial charge in [0, 0.05) is 36.9 Å². The van der Waals surface area contributed by atoms with Crippen molar-refractivity contribution in [2.75, 3.05) is 38.1 Å². The van der Waals surface area contributed by atoms with Crippen molar-refractivity contribution >= 4 is 29.3 Å². The summed E-state index contributed by atoms with van der Waals surface area (Å²) in [5.74, 6) is -0.0723. The fraction of sp³-hybridized carbons (Fsp3) is 0.500. The van der Waals surface area contributed by atoms with Crippen molar-refractivity contribution in [3.63, 3.8) is 0 Å². The van der Waals surface area contributed by atoms with Crippen LogP contribution in [0, 0.1) is 0 Å². The molecule has 1 saturated heterocycles. The first-order valence-corrected chi connectivity index (χ1v) is 8.11. The molecule has 0 aliphatic carbocycles. The lowest BCUT2D eigenvalue weighted by atomic mass is 10.2. The summed E-state index contributed by atoms with van der Waals surface area (Å²) in [5.41, 5.74) is 0.719. The Morgan fingerprint density at radius 1 is 1.22 bits per heavy atom. The Balaban J connectivity index is 1.84. The summed E-state index contributed by atoms with van der Waals surface area (Å²) in [6, 6.07) is 6.74. The average molecular weight is 340 g/mol. The molecule has 1 atom stereocenters. The Hall–Kier alpha value is -1.79. The highest BCUT2D eigenvalue weighted by Crippen LogP contribution is 2.15. The summed E-state index contributed by atoms with van der Waals surface area (Å²) in [6.07, 6.45) is -0.287. The molecule has 1 aromatic carbocycles. The van der Waals surface area contributed by atoms with E-state index in [0.29, 0.717) is 37.8 Å². The quantitative estimate of drug-likeness (QED) is 0.915. The van der Waals surface area contributed by atoms with E-state index >= 15 is 0 Å². The number of piperazine rings is 1. The van der Waals surface area contributed by atoms with Gasteiger partial charge in [-0.2, -0.15) is 0 Å². The number of rotatable bonds is 4. The third-order valence-electron chi connectivity index (χ3n) is 3.88. The molecule has 1 fully saturated rings. The van der Waals surface area contributed by atoms with Gasteiger partial charge in [-0.1, -0.05) is 11.6 Å². The monoisotopic (exact) mass is 339 g/mol. The molecule has 0 saturated carbocycles. The summed E-state index contributed by atoms with van der Waals surface area (Å²) in [5, 5.41) is 3.51. The predicted octanol–water partition coefficient (Wildman–Crippen LogP) is 2.44. The third-order valence-corrected chi connectivity index (χ3v) is 4.13. The van der Waals surface area contributed by atoms with Crippen molar-refractivity contribution in [2.45, 2.75) is 19.9 Å². The maximum absolute atomic E-state index is 12.3. The molecule has 2 rings (SSSR count). The van der Waals surface area contributed by atoms with Crippen LogP contribution in [-0.4, -0.2) is 60.6 Å². The van der Waals surface area contributed by atoms with Crippen molar-refractivity contribution in [1.29, 1.82) is 0 Å². The number of hydrogen-bond donors (Lipinski definition) is 1. The molecule has 0 aromatic heterocycles. The zero-order chi connectivity index (χ0) is 16.8. The average Bonchev–Trinajstić information content (AvgIpc) is 2.56. The van der Waals surface area contributed by atoms with Crippen LogP contribution in [0.25, 0.3) is 0 Å². The minimum Gasteiger partial charge on any atom is -0.450 e. The highest BCUT2D eigenvalue weighted by Gasteiger charge is 2.27. The molecule has 0 unspecified atom stereocenters. The van der Waals surface area contributed by atoms with E-state index in [1.165, 1.54) is 0 Å². The van der Waals surface area contributed by atoms with Crippen LogP contribution < -0.4 is 5.32 Å². The van der Waals surface area contributed by atoms with Crippen LogP contribution in [0.5, 0.6) is 0 Å². The number of amides is 2. The normalized spacial score (nSPS) is 16.7. The van der Waals surface area contributed by atoms with Crippen molar-refractivity contribution in [2.24, 2.45) is 0 Å². The maximum Gasteiger partial charge on any atom is 0.409 e. The largest absolute Gasteiger partial charge is 0.450 e. The minimum absolute atomic E-state index is 0.0723. The van der Waals surface area contributed by atoms with Crippen LogP contribution in [-0.2, 0) is 9.53 Å². The molecule has 0 spiro atoms. The summed E-state index contributed by atoms with van der Waals surface area (Å²) >= 11 is 5.83. The van der Waals surface area contributed by atoms with Gasteiger partial charge in [0.25, 0.3) is 0 Å². The summed E-state index contributed by atoms with van der Waals surface area (Å²) in [4.78, 5) is 27.7. The number of carbonyl (C=O) groups is 2. The standard InChI is InChI=1S/C16H22ClN3O3/c1-3-23-16(22)20-10-8-19(9-11-20)12(2)15(21)18-14-6-4-13(17)5-7-14/h4-7,12H,3,8-11H2,1-2H3,(H,18,21)/t12-/m1/s1. The first-order valence-electron chi connectivity index (χ1n) is 7.73. The molecule has 1 N–H and O–H groups in total. The number of anilines is 1. The van der Waals surface area contributed by atoms with E-state index in [4.69, 9.17) is 16.3 Å². The van der Waals surface area contributed by atoms with Crippen molar-refractivity contribution in [3.05, 3.63) is 29.3 Å². The minimum atomic E-state index is -0.287. The molecule has 0 bridgehead atoms. The van der Waals surface area contributed by atoms with E-state index in [0.717, 1.165) is 5.69 Å². The zero-order valence-electron chi connectivity index (χ0n) is 13.4. The van der Waals surface area contributed by atoms with E-state index in [1.807, 2.05) is 6.92 Å². The van der Waals surface area contributed by atoms with Gasteiger partial charge in [0.05, 0.1) is 12.6 Å². The fourth-order valence-electron chi connectivity index (χ4n) is 2.45. The lowest BCUT2D eigenvalue weighted by Gasteiger charge is -2.36. The molecule has 2 amide bonds. The lowest BCUT2D eigenvalue weighted by molar-refractivity contribution is -0.121. The fourth-order valence-corrected chi connectivity index (χ4v) is 2.58. The number of nitrogens with zero attached hydrogens (tertiary/aromatic N) is 2. The molecule has 7 heteroatoms. The molecule has 1 aromatic rings. The van der Waals surface area contributed by atoms with Crippen LogP contribution in [0.4, 0.5) is 10.5 Å². The van der Waals surface area contributed by atoms with E-state index in [9.17, 15) is 9.59 Å². The summed E-state index contributed by atoms with van der Waals surface area (Å²) in [6.45, 7) is 6.46. The van der Waals surface area contributed by atoms with Gasteiger partial charge in [-0.05, 0) is 38.1 Å². The van der Waals surface area contributed by atoms with Crippen molar-refractivity contribution in [3.8, 4) is 0 Å². The number of carbonyl (C=O) groups excluding carboxylic acids is 2. The van der Waals surface area contributed by atoms with Crippen molar-refractivity contribution < 1.29 is 14.3 Å². The molecular weight excluding hydrogens is 318 g/mol. The summed E-state index contributed by atoms with van der Waals surface area (Å²) < 4.78 is 4.99.